The average molecular weight is 379 g/mol. The van der Waals surface area contributed by atoms with Gasteiger partial charge in [0.25, 0.3) is 11.8 Å². The second-order valence-corrected chi connectivity index (χ2v) is 5.94. The molecule has 138 valence electrons. The maximum absolute atomic E-state index is 11.9. The molecule has 1 aromatic carbocycles. The fourth-order valence-corrected chi connectivity index (χ4v) is 2.16. The fraction of sp³-hybridized carbons (Fsp3) is 0.278. The minimum Gasteiger partial charge on any atom is -0.467 e. The Morgan fingerprint density at radius 3 is 2.58 bits per heavy atom. The highest BCUT2D eigenvalue weighted by Gasteiger charge is 2.14. The first-order valence-corrected chi connectivity index (χ1v) is 8.29. The molecule has 1 N–H and O–H groups in total. The van der Waals surface area contributed by atoms with Crippen LogP contribution in [0, 0.1) is 0 Å². The maximum Gasteiger partial charge on any atom is 0.308 e. The van der Waals surface area contributed by atoms with Crippen molar-refractivity contribution in [2.24, 2.45) is 0 Å². The van der Waals surface area contributed by atoms with E-state index in [1.807, 2.05) is 0 Å². The summed E-state index contributed by atoms with van der Waals surface area (Å²) in [6.45, 7) is 0.0401. The lowest BCUT2D eigenvalue weighted by molar-refractivity contribution is -0.151. The van der Waals surface area contributed by atoms with Crippen LogP contribution in [0.2, 0.25) is 5.02 Å². The number of furan rings is 1. The smallest absolute Gasteiger partial charge is 0.308 e. The van der Waals surface area contributed by atoms with Crippen LogP contribution in [0.3, 0.4) is 0 Å². The molecule has 1 aromatic heterocycles. The summed E-state index contributed by atoms with van der Waals surface area (Å²) in [5, 5.41) is 3.13. The lowest BCUT2D eigenvalue weighted by Gasteiger charge is -2.15. The molecule has 0 aliphatic heterocycles. The van der Waals surface area contributed by atoms with Crippen molar-refractivity contribution in [3.05, 3.63) is 59.0 Å². The van der Waals surface area contributed by atoms with E-state index in [1.165, 1.54) is 11.2 Å². The number of nitrogens with zero attached hydrogens (tertiary/aromatic N) is 1. The number of rotatable bonds is 8. The van der Waals surface area contributed by atoms with Crippen molar-refractivity contribution in [3.8, 4) is 0 Å². The molecule has 0 bridgehead atoms. The van der Waals surface area contributed by atoms with Crippen LogP contribution in [0.25, 0.3) is 0 Å². The van der Waals surface area contributed by atoms with E-state index in [2.05, 4.69) is 5.32 Å². The van der Waals surface area contributed by atoms with Crippen molar-refractivity contribution in [1.82, 2.24) is 10.2 Å². The summed E-state index contributed by atoms with van der Waals surface area (Å²) in [7, 11) is 1.59. The molecule has 0 aliphatic carbocycles. The largest absolute Gasteiger partial charge is 0.467 e. The van der Waals surface area contributed by atoms with Crippen molar-refractivity contribution in [1.29, 1.82) is 0 Å². The van der Waals surface area contributed by atoms with E-state index in [4.69, 9.17) is 20.8 Å². The Hall–Kier alpha value is -2.80. The van der Waals surface area contributed by atoms with Gasteiger partial charge in [0, 0.05) is 24.2 Å². The van der Waals surface area contributed by atoms with Gasteiger partial charge in [-0.2, -0.15) is 0 Å². The number of halogens is 1. The van der Waals surface area contributed by atoms with Gasteiger partial charge in [-0.05, 0) is 36.4 Å². The Morgan fingerprint density at radius 1 is 1.19 bits per heavy atom. The van der Waals surface area contributed by atoms with Gasteiger partial charge < -0.3 is 19.4 Å². The molecular weight excluding hydrogens is 360 g/mol. The standard InChI is InChI=1S/C18H19ClN2O5/c1-21(11-15-3-2-10-25-15)16(22)12-26-17(23)8-9-20-18(24)13-4-6-14(19)7-5-13/h2-7,10H,8-9,11-12H2,1H3,(H,20,24). The highest BCUT2D eigenvalue weighted by molar-refractivity contribution is 6.30. The molecule has 0 saturated carbocycles. The van der Waals surface area contributed by atoms with E-state index in [-0.39, 0.29) is 31.4 Å². The molecule has 1 heterocycles. The minimum absolute atomic E-state index is 0.0332. The molecule has 7 nitrogen and oxygen atoms in total. The summed E-state index contributed by atoms with van der Waals surface area (Å²) in [4.78, 5) is 36.8. The molecule has 0 saturated heterocycles. The number of amides is 2. The SMILES string of the molecule is CN(Cc1ccco1)C(=O)COC(=O)CCNC(=O)c1ccc(Cl)cc1. The monoisotopic (exact) mass is 378 g/mol. The number of nitrogens with one attached hydrogen (secondary N) is 1. The summed E-state index contributed by atoms with van der Waals surface area (Å²) in [5.41, 5.74) is 0.442. The highest BCUT2D eigenvalue weighted by atomic mass is 35.5. The number of hydrogen-bond acceptors (Lipinski definition) is 5. The van der Waals surface area contributed by atoms with Gasteiger partial charge in [0.2, 0.25) is 0 Å². The van der Waals surface area contributed by atoms with E-state index < -0.39 is 5.97 Å². The van der Waals surface area contributed by atoms with E-state index in [0.29, 0.717) is 22.9 Å². The third kappa shape index (κ3) is 6.25. The minimum atomic E-state index is -0.568. The number of likely N-dealkylation sites (N-methyl/N-ethyl adjacent to an activating group) is 1. The van der Waals surface area contributed by atoms with Crippen LogP contribution in [0.4, 0.5) is 0 Å². The van der Waals surface area contributed by atoms with E-state index in [9.17, 15) is 14.4 Å². The molecule has 2 aromatic rings. The van der Waals surface area contributed by atoms with E-state index in [1.54, 1.807) is 43.4 Å². The molecule has 0 spiro atoms. The fourth-order valence-electron chi connectivity index (χ4n) is 2.03. The molecule has 0 fully saturated rings. The zero-order chi connectivity index (χ0) is 18.9. The van der Waals surface area contributed by atoms with Gasteiger partial charge >= 0.3 is 5.97 Å². The molecular formula is C18H19ClN2O5. The maximum atomic E-state index is 11.9. The topological polar surface area (TPSA) is 88.8 Å². The third-order valence-electron chi connectivity index (χ3n) is 3.48. The second kappa shape index (κ2) is 9.62. The predicted octanol–water partition coefficient (Wildman–Crippen LogP) is 2.25. The molecule has 2 rings (SSSR count). The molecule has 0 unspecified atom stereocenters. The van der Waals surface area contributed by atoms with Gasteiger partial charge in [-0.1, -0.05) is 11.6 Å². The lowest BCUT2D eigenvalue weighted by atomic mass is 10.2. The summed E-state index contributed by atoms with van der Waals surface area (Å²) in [6, 6.07) is 9.86. The van der Waals surface area contributed by atoms with Crippen molar-refractivity contribution in [3.63, 3.8) is 0 Å². The van der Waals surface area contributed by atoms with Crippen molar-refractivity contribution in [2.45, 2.75) is 13.0 Å². The molecule has 2 amide bonds. The van der Waals surface area contributed by atoms with Crippen LogP contribution in [0.1, 0.15) is 22.5 Å². The van der Waals surface area contributed by atoms with Crippen LogP contribution >= 0.6 is 11.6 Å². The Kier molecular flexibility index (Phi) is 7.23. The van der Waals surface area contributed by atoms with E-state index in [0.717, 1.165) is 0 Å². The number of benzene rings is 1. The van der Waals surface area contributed by atoms with Gasteiger partial charge in [0.05, 0.1) is 19.2 Å². The summed E-state index contributed by atoms with van der Waals surface area (Å²) in [5.74, 6) is -0.595. The Bertz CT molecular complexity index is 743. The van der Waals surface area contributed by atoms with Crippen molar-refractivity contribution in [2.75, 3.05) is 20.2 Å². The lowest BCUT2D eigenvalue weighted by Crippen LogP contribution is -2.31. The number of esters is 1. The summed E-state index contributed by atoms with van der Waals surface area (Å²) >= 11 is 5.76. The zero-order valence-electron chi connectivity index (χ0n) is 14.2. The molecule has 0 aliphatic rings. The molecule has 0 atom stereocenters. The Balaban J connectivity index is 1.64. The zero-order valence-corrected chi connectivity index (χ0v) is 15.0. The van der Waals surface area contributed by atoms with Gasteiger partial charge in [-0.25, -0.2) is 0 Å². The number of carbonyl (C=O) groups excluding carboxylic acids is 3. The average Bonchev–Trinajstić information content (AvgIpc) is 3.13. The first-order chi connectivity index (χ1) is 12.5. The normalized spacial score (nSPS) is 10.2. The van der Waals surface area contributed by atoms with Gasteiger partial charge in [0.1, 0.15) is 5.76 Å². The van der Waals surface area contributed by atoms with Crippen LogP contribution < -0.4 is 5.32 Å². The Morgan fingerprint density at radius 2 is 1.92 bits per heavy atom. The van der Waals surface area contributed by atoms with Gasteiger partial charge in [-0.15, -0.1) is 0 Å². The molecule has 8 heteroatoms. The van der Waals surface area contributed by atoms with Gasteiger partial charge in [-0.3, -0.25) is 14.4 Å². The molecule has 0 radical (unpaired) electrons. The quantitative estimate of drug-likeness (QED) is 0.712. The number of ether oxygens (including phenoxy) is 1. The van der Waals surface area contributed by atoms with Crippen LogP contribution in [0.15, 0.2) is 47.1 Å². The summed E-state index contributed by atoms with van der Waals surface area (Å²) in [6.07, 6.45) is 1.49. The van der Waals surface area contributed by atoms with Crippen LogP contribution in [-0.4, -0.2) is 42.9 Å². The van der Waals surface area contributed by atoms with E-state index >= 15 is 0 Å². The van der Waals surface area contributed by atoms with Crippen LogP contribution in [-0.2, 0) is 20.9 Å². The predicted molar refractivity (Wildman–Crippen MR) is 94.5 cm³/mol. The van der Waals surface area contributed by atoms with Crippen molar-refractivity contribution >= 4 is 29.4 Å². The number of hydrogen-bond donors (Lipinski definition) is 1. The first kappa shape index (κ1) is 19.5. The third-order valence-corrected chi connectivity index (χ3v) is 3.73. The van der Waals surface area contributed by atoms with Crippen molar-refractivity contribution < 1.29 is 23.5 Å². The Labute approximate surface area is 155 Å². The first-order valence-electron chi connectivity index (χ1n) is 7.91. The summed E-state index contributed by atoms with van der Waals surface area (Å²) < 4.78 is 10.1. The molecule has 26 heavy (non-hydrogen) atoms. The highest BCUT2D eigenvalue weighted by Crippen LogP contribution is 2.09. The van der Waals surface area contributed by atoms with Crippen LogP contribution in [0.5, 0.6) is 0 Å². The second-order valence-electron chi connectivity index (χ2n) is 5.50. The number of carbonyl (C=O) groups is 3. The van der Waals surface area contributed by atoms with Gasteiger partial charge in [0.15, 0.2) is 6.61 Å².